The van der Waals surface area contributed by atoms with Gasteiger partial charge in [-0.2, -0.15) is 0 Å². The monoisotopic (exact) mass is 424 g/mol. The first-order valence-corrected chi connectivity index (χ1v) is 10.0. The Bertz CT molecular complexity index is 986. The van der Waals surface area contributed by atoms with Crippen molar-refractivity contribution in [1.29, 1.82) is 0 Å². The van der Waals surface area contributed by atoms with Crippen LogP contribution in [0.1, 0.15) is 12.0 Å². The summed E-state index contributed by atoms with van der Waals surface area (Å²) in [5.41, 5.74) is 3.92. The zero-order valence-corrected chi connectivity index (χ0v) is 18.2. The molecule has 1 aliphatic rings. The second kappa shape index (κ2) is 9.99. The van der Waals surface area contributed by atoms with E-state index in [0.717, 1.165) is 22.6 Å². The number of benzene rings is 2. The van der Waals surface area contributed by atoms with Crippen LogP contribution in [0.4, 0.5) is 17.1 Å². The van der Waals surface area contributed by atoms with Crippen LogP contribution >= 0.6 is 0 Å². The maximum atomic E-state index is 12.4. The molecule has 0 aliphatic carbocycles. The average Bonchev–Trinajstić information content (AvgIpc) is 3.09. The Labute approximate surface area is 182 Å². The molecule has 0 aromatic heterocycles. The van der Waals surface area contributed by atoms with E-state index in [1.54, 1.807) is 39.3 Å². The molecule has 1 aliphatic heterocycles. The van der Waals surface area contributed by atoms with E-state index >= 15 is 0 Å². The van der Waals surface area contributed by atoms with E-state index in [-0.39, 0.29) is 11.8 Å². The molecule has 8 heteroatoms. The number of methoxy groups -OCH3 is 2. The summed E-state index contributed by atoms with van der Waals surface area (Å²) in [4.78, 5) is 25.9. The SMILES string of the molecule is CNCC(=O)N(C)c1ccc(NCCC=C2C(=O)Nc3cc(OC)c(OC)cc32)cc1. The van der Waals surface area contributed by atoms with E-state index in [1.165, 1.54) is 0 Å². The van der Waals surface area contributed by atoms with Crippen molar-refractivity contribution in [3.05, 3.63) is 48.0 Å². The Morgan fingerprint density at radius 1 is 1.13 bits per heavy atom. The molecule has 31 heavy (non-hydrogen) atoms. The molecular formula is C23H28N4O4. The molecule has 2 aromatic carbocycles. The van der Waals surface area contributed by atoms with Crippen LogP contribution < -0.4 is 30.3 Å². The van der Waals surface area contributed by atoms with Crippen molar-refractivity contribution in [3.8, 4) is 11.5 Å². The second-order valence-electron chi connectivity index (χ2n) is 7.07. The molecule has 0 atom stereocenters. The number of hydrogen-bond donors (Lipinski definition) is 3. The van der Waals surface area contributed by atoms with Crippen molar-refractivity contribution in [2.75, 3.05) is 56.9 Å². The first-order chi connectivity index (χ1) is 15.0. The van der Waals surface area contributed by atoms with Gasteiger partial charge in [0.05, 0.1) is 26.5 Å². The maximum absolute atomic E-state index is 12.4. The highest BCUT2D eigenvalue weighted by Crippen LogP contribution is 2.40. The molecule has 0 unspecified atom stereocenters. The molecule has 0 bridgehead atoms. The average molecular weight is 425 g/mol. The molecule has 0 spiro atoms. The van der Waals surface area contributed by atoms with E-state index < -0.39 is 0 Å². The summed E-state index contributed by atoms with van der Waals surface area (Å²) in [6, 6.07) is 11.2. The lowest BCUT2D eigenvalue weighted by Gasteiger charge is -2.17. The van der Waals surface area contributed by atoms with E-state index in [1.807, 2.05) is 36.4 Å². The fourth-order valence-electron chi connectivity index (χ4n) is 3.37. The van der Waals surface area contributed by atoms with Gasteiger partial charge in [0.1, 0.15) is 0 Å². The van der Waals surface area contributed by atoms with Crippen LogP contribution in [0.3, 0.4) is 0 Å². The van der Waals surface area contributed by atoms with Gasteiger partial charge in [-0.1, -0.05) is 6.08 Å². The maximum Gasteiger partial charge on any atom is 0.256 e. The number of carbonyl (C=O) groups excluding carboxylic acids is 2. The topological polar surface area (TPSA) is 91.9 Å². The zero-order valence-electron chi connectivity index (χ0n) is 18.2. The number of carbonyl (C=O) groups is 2. The molecule has 8 nitrogen and oxygen atoms in total. The third-order valence-corrected chi connectivity index (χ3v) is 5.09. The minimum Gasteiger partial charge on any atom is -0.493 e. The Hall–Kier alpha value is -3.52. The third kappa shape index (κ3) is 4.97. The number of amides is 2. The number of hydrogen-bond acceptors (Lipinski definition) is 6. The highest BCUT2D eigenvalue weighted by Gasteiger charge is 2.26. The Kier molecular flexibility index (Phi) is 7.15. The van der Waals surface area contributed by atoms with Gasteiger partial charge in [0.2, 0.25) is 5.91 Å². The lowest BCUT2D eigenvalue weighted by atomic mass is 10.1. The van der Waals surface area contributed by atoms with Crippen molar-refractivity contribution in [3.63, 3.8) is 0 Å². The second-order valence-corrected chi connectivity index (χ2v) is 7.07. The first kappa shape index (κ1) is 22.2. The van der Waals surface area contributed by atoms with Crippen LogP contribution in [0.2, 0.25) is 0 Å². The highest BCUT2D eigenvalue weighted by molar-refractivity contribution is 6.31. The number of rotatable bonds is 9. The summed E-state index contributed by atoms with van der Waals surface area (Å²) in [7, 11) is 6.63. The largest absolute Gasteiger partial charge is 0.493 e. The molecule has 0 radical (unpaired) electrons. The predicted molar refractivity (Wildman–Crippen MR) is 123 cm³/mol. The van der Waals surface area contributed by atoms with Crippen molar-refractivity contribution >= 4 is 34.4 Å². The summed E-state index contributed by atoms with van der Waals surface area (Å²) in [6.07, 6.45) is 2.58. The Balaban J connectivity index is 1.61. The lowest BCUT2D eigenvalue weighted by Crippen LogP contribution is -2.34. The van der Waals surface area contributed by atoms with Gasteiger partial charge >= 0.3 is 0 Å². The summed E-state index contributed by atoms with van der Waals surface area (Å²) < 4.78 is 10.6. The molecule has 1 heterocycles. The quantitative estimate of drug-likeness (QED) is 0.424. The van der Waals surface area contributed by atoms with Crippen molar-refractivity contribution in [2.24, 2.45) is 0 Å². The fourth-order valence-corrected chi connectivity index (χ4v) is 3.37. The van der Waals surface area contributed by atoms with Crippen LogP contribution in [0.15, 0.2) is 42.5 Å². The standard InChI is InChI=1S/C23H28N4O4/c1-24-14-22(28)27(2)16-9-7-15(8-10-16)25-11-5-6-17-18-12-20(30-3)21(31-4)13-19(18)26-23(17)29/h6-10,12-13,24-25H,5,11,14H2,1-4H3,(H,26,29). The summed E-state index contributed by atoms with van der Waals surface area (Å²) >= 11 is 0. The molecule has 0 saturated heterocycles. The van der Waals surface area contributed by atoms with Gasteiger partial charge in [-0.25, -0.2) is 0 Å². The Morgan fingerprint density at radius 2 is 1.81 bits per heavy atom. The molecular weight excluding hydrogens is 396 g/mol. The van der Waals surface area contributed by atoms with E-state index in [9.17, 15) is 9.59 Å². The third-order valence-electron chi connectivity index (χ3n) is 5.09. The zero-order chi connectivity index (χ0) is 22.4. The van der Waals surface area contributed by atoms with Gasteiger partial charge in [0.15, 0.2) is 11.5 Å². The molecule has 2 aromatic rings. The van der Waals surface area contributed by atoms with E-state index in [0.29, 0.717) is 36.6 Å². The van der Waals surface area contributed by atoms with E-state index in [2.05, 4.69) is 16.0 Å². The fraction of sp³-hybridized carbons (Fsp3) is 0.304. The first-order valence-electron chi connectivity index (χ1n) is 10.0. The van der Waals surface area contributed by atoms with Crippen molar-refractivity contribution in [2.45, 2.75) is 6.42 Å². The van der Waals surface area contributed by atoms with Gasteiger partial charge in [-0.3, -0.25) is 9.59 Å². The van der Waals surface area contributed by atoms with Gasteiger partial charge < -0.3 is 30.3 Å². The van der Waals surface area contributed by atoms with Crippen LogP contribution in [0, 0.1) is 0 Å². The highest BCUT2D eigenvalue weighted by atomic mass is 16.5. The lowest BCUT2D eigenvalue weighted by molar-refractivity contribution is -0.117. The van der Waals surface area contributed by atoms with Crippen molar-refractivity contribution < 1.29 is 19.1 Å². The summed E-state index contributed by atoms with van der Waals surface area (Å²) in [6.45, 7) is 0.952. The molecule has 164 valence electrons. The Morgan fingerprint density at radius 3 is 2.45 bits per heavy atom. The van der Waals surface area contributed by atoms with Gasteiger partial charge in [0.25, 0.3) is 5.91 Å². The number of nitrogens with one attached hydrogen (secondary N) is 3. The normalized spacial score (nSPS) is 13.5. The van der Waals surface area contributed by atoms with Crippen LogP contribution in [-0.2, 0) is 9.59 Å². The minimum absolute atomic E-state index is 0.000735. The van der Waals surface area contributed by atoms with Crippen LogP contribution in [-0.4, -0.2) is 53.2 Å². The molecule has 2 amide bonds. The smallest absolute Gasteiger partial charge is 0.256 e. The van der Waals surface area contributed by atoms with Gasteiger partial charge in [0, 0.05) is 42.2 Å². The summed E-state index contributed by atoms with van der Waals surface area (Å²) in [5, 5.41) is 9.06. The van der Waals surface area contributed by atoms with Crippen LogP contribution in [0.5, 0.6) is 11.5 Å². The van der Waals surface area contributed by atoms with Gasteiger partial charge in [-0.05, 0) is 43.8 Å². The predicted octanol–water partition coefficient (Wildman–Crippen LogP) is 2.72. The number of ether oxygens (including phenoxy) is 2. The molecule has 3 N–H and O–H groups in total. The van der Waals surface area contributed by atoms with Crippen LogP contribution in [0.25, 0.3) is 5.57 Å². The molecule has 3 rings (SSSR count). The molecule has 0 saturated carbocycles. The van der Waals surface area contributed by atoms with Crippen molar-refractivity contribution in [1.82, 2.24) is 5.32 Å². The van der Waals surface area contributed by atoms with Gasteiger partial charge in [-0.15, -0.1) is 0 Å². The minimum atomic E-state index is -0.135. The van der Waals surface area contributed by atoms with E-state index in [4.69, 9.17) is 9.47 Å². The number of fused-ring (bicyclic) bond motifs is 1. The number of likely N-dealkylation sites (N-methyl/N-ethyl adjacent to an activating group) is 2. The number of anilines is 3. The molecule has 0 fully saturated rings. The summed E-state index contributed by atoms with van der Waals surface area (Å²) in [5.74, 6) is 1.02. The number of nitrogens with zero attached hydrogens (tertiary/aromatic N) is 1.